The van der Waals surface area contributed by atoms with Gasteiger partial charge in [0.1, 0.15) is 5.69 Å². The van der Waals surface area contributed by atoms with Gasteiger partial charge < -0.3 is 62.2 Å². The highest BCUT2D eigenvalue weighted by Gasteiger charge is 2.19. The number of rotatable bonds is 37. The Kier molecular flexibility index (Phi) is 28.8. The van der Waals surface area contributed by atoms with Crippen molar-refractivity contribution in [2.45, 2.75) is 25.6 Å². The first-order valence-corrected chi connectivity index (χ1v) is 17.7. The Balaban J connectivity index is 1.18. The first-order chi connectivity index (χ1) is 25.6. The number of benzene rings is 1. The molecule has 1 aromatic rings. The molecule has 0 saturated carbocycles. The van der Waals surface area contributed by atoms with Crippen molar-refractivity contribution in [3.8, 4) is 0 Å². The van der Waals surface area contributed by atoms with Crippen molar-refractivity contribution >= 4 is 17.1 Å². The predicted octanol–water partition coefficient (Wildman–Crippen LogP) is 2.62. The van der Waals surface area contributed by atoms with Crippen LogP contribution in [0.25, 0.3) is 0 Å². The molecular weight excluding hydrogens is 694 g/mol. The van der Waals surface area contributed by atoms with Crippen molar-refractivity contribution in [3.63, 3.8) is 0 Å². The van der Waals surface area contributed by atoms with Gasteiger partial charge in [-0.1, -0.05) is 0 Å². The summed E-state index contributed by atoms with van der Waals surface area (Å²) in [7, 11) is 0. The SMILES string of the molecule is O=[N+]([O-])c1ccc(NCCOCCOCCOCCOCCOCCOCCOCCOCCOCCOCCOC2CCCCO2)c([N+](=O)[O-])c1. The molecule has 0 radical (unpaired) electrons. The Morgan fingerprint density at radius 2 is 0.962 bits per heavy atom. The van der Waals surface area contributed by atoms with E-state index in [4.69, 9.17) is 56.8 Å². The molecule has 0 spiro atoms. The second-order valence-corrected chi connectivity index (χ2v) is 10.9. The summed E-state index contributed by atoms with van der Waals surface area (Å²) in [4.78, 5) is 20.6. The number of non-ortho nitro benzene ring substituents is 1. The standard InChI is InChI=1S/C33H57N3O16/c37-35(38)30-4-5-31(32(29-30)36(39)40)34-6-8-41-9-10-42-11-12-43-13-14-44-15-16-45-17-18-46-19-20-47-21-22-48-23-24-49-25-26-50-27-28-52-33-3-1-2-7-51-33/h4-5,29,33-34H,1-3,6-28H2. The number of nitrogens with zero attached hydrogens (tertiary/aromatic N) is 2. The van der Waals surface area contributed by atoms with Crippen molar-refractivity contribution in [1.82, 2.24) is 0 Å². The van der Waals surface area contributed by atoms with Gasteiger partial charge in [0, 0.05) is 19.2 Å². The van der Waals surface area contributed by atoms with Crippen LogP contribution in [0.4, 0.5) is 17.1 Å². The Labute approximate surface area is 304 Å². The van der Waals surface area contributed by atoms with E-state index in [2.05, 4.69) is 5.32 Å². The lowest BCUT2D eigenvalue weighted by Gasteiger charge is -2.22. The largest absolute Gasteiger partial charge is 0.377 e. The number of hydrogen-bond donors (Lipinski definition) is 1. The van der Waals surface area contributed by atoms with Gasteiger partial charge in [-0.25, -0.2) is 0 Å². The number of nitrogens with one attached hydrogen (secondary N) is 1. The van der Waals surface area contributed by atoms with E-state index in [0.29, 0.717) is 132 Å². The third-order valence-corrected chi connectivity index (χ3v) is 6.97. The van der Waals surface area contributed by atoms with Gasteiger partial charge in [-0.3, -0.25) is 20.2 Å². The molecule has 1 aliphatic heterocycles. The van der Waals surface area contributed by atoms with E-state index in [1.807, 2.05) is 0 Å². The Bertz CT molecular complexity index is 1020. The maximum absolute atomic E-state index is 11.1. The zero-order valence-corrected chi connectivity index (χ0v) is 30.1. The Morgan fingerprint density at radius 1 is 0.558 bits per heavy atom. The van der Waals surface area contributed by atoms with Gasteiger partial charge in [0.25, 0.3) is 11.4 Å². The molecule has 1 atom stereocenters. The number of hydrogen-bond acceptors (Lipinski definition) is 17. The third kappa shape index (κ3) is 25.3. The van der Waals surface area contributed by atoms with Crippen molar-refractivity contribution in [2.24, 2.45) is 0 Å². The summed E-state index contributed by atoms with van der Waals surface area (Å²) in [6.07, 6.45) is 3.14. The number of ether oxygens (including phenoxy) is 12. The average molecular weight is 752 g/mol. The maximum Gasteiger partial charge on any atom is 0.299 e. The highest BCUT2D eigenvalue weighted by atomic mass is 16.7. The molecular formula is C33H57N3O16. The highest BCUT2D eigenvalue weighted by molar-refractivity contribution is 5.65. The van der Waals surface area contributed by atoms with Crippen molar-refractivity contribution in [2.75, 3.05) is 157 Å². The van der Waals surface area contributed by atoms with Crippen LogP contribution in [0, 0.1) is 20.2 Å². The maximum atomic E-state index is 11.1. The zero-order valence-electron chi connectivity index (χ0n) is 30.1. The molecule has 19 heteroatoms. The van der Waals surface area contributed by atoms with E-state index in [1.54, 1.807) is 0 Å². The number of anilines is 1. The molecule has 1 N–H and O–H groups in total. The summed E-state index contributed by atoms with van der Waals surface area (Å²) in [5.41, 5.74) is -0.526. The van der Waals surface area contributed by atoms with Crippen LogP contribution in [0.2, 0.25) is 0 Å². The van der Waals surface area contributed by atoms with Crippen LogP contribution in [0.3, 0.4) is 0 Å². The molecule has 0 bridgehead atoms. The minimum Gasteiger partial charge on any atom is -0.377 e. The number of nitro groups is 2. The van der Waals surface area contributed by atoms with Gasteiger partial charge in [-0.05, 0) is 25.3 Å². The first-order valence-electron chi connectivity index (χ1n) is 17.7. The van der Waals surface area contributed by atoms with Gasteiger partial charge in [-0.15, -0.1) is 0 Å². The average Bonchev–Trinajstić information content (AvgIpc) is 3.15. The fourth-order valence-corrected chi connectivity index (χ4v) is 4.35. The van der Waals surface area contributed by atoms with Gasteiger partial charge in [0.2, 0.25) is 0 Å². The van der Waals surface area contributed by atoms with E-state index < -0.39 is 9.85 Å². The lowest BCUT2D eigenvalue weighted by Crippen LogP contribution is -2.24. The summed E-state index contributed by atoms with van der Waals surface area (Å²) < 4.78 is 65.7. The highest BCUT2D eigenvalue weighted by Crippen LogP contribution is 2.28. The monoisotopic (exact) mass is 751 g/mol. The van der Waals surface area contributed by atoms with Crippen molar-refractivity contribution in [1.29, 1.82) is 0 Å². The molecule has 1 heterocycles. The summed E-state index contributed by atoms with van der Waals surface area (Å²) in [6.45, 7) is 10.7. The molecule has 300 valence electrons. The first kappa shape index (κ1) is 45.5. The smallest absolute Gasteiger partial charge is 0.299 e. The Hall–Kier alpha value is -2.66. The van der Waals surface area contributed by atoms with Crippen LogP contribution in [-0.4, -0.2) is 168 Å². The molecule has 0 amide bonds. The van der Waals surface area contributed by atoms with Crippen LogP contribution < -0.4 is 5.32 Å². The fraction of sp³-hybridized carbons (Fsp3) is 0.818. The number of nitro benzene ring substituents is 2. The molecule has 1 aromatic carbocycles. The van der Waals surface area contributed by atoms with Gasteiger partial charge in [0.05, 0.1) is 155 Å². The van der Waals surface area contributed by atoms with E-state index in [9.17, 15) is 20.2 Å². The van der Waals surface area contributed by atoms with Crippen molar-refractivity contribution in [3.05, 3.63) is 38.4 Å². The van der Waals surface area contributed by atoms with Crippen LogP contribution in [0.1, 0.15) is 19.3 Å². The fourth-order valence-electron chi connectivity index (χ4n) is 4.35. The second-order valence-electron chi connectivity index (χ2n) is 10.9. The molecule has 1 unspecified atom stereocenters. The summed E-state index contributed by atoms with van der Waals surface area (Å²) in [6, 6.07) is 3.43. The lowest BCUT2D eigenvalue weighted by molar-refractivity contribution is -0.393. The summed E-state index contributed by atoms with van der Waals surface area (Å²) >= 11 is 0. The van der Waals surface area contributed by atoms with E-state index in [0.717, 1.165) is 31.9 Å². The predicted molar refractivity (Wildman–Crippen MR) is 186 cm³/mol. The molecule has 0 aliphatic carbocycles. The third-order valence-electron chi connectivity index (χ3n) is 6.97. The van der Waals surface area contributed by atoms with Gasteiger partial charge >= 0.3 is 0 Å². The van der Waals surface area contributed by atoms with Crippen LogP contribution in [0.15, 0.2) is 18.2 Å². The molecule has 19 nitrogen and oxygen atoms in total. The minimum absolute atomic E-state index is 0.0792. The lowest BCUT2D eigenvalue weighted by atomic mass is 10.2. The second kappa shape index (κ2) is 32.9. The van der Waals surface area contributed by atoms with E-state index >= 15 is 0 Å². The molecule has 1 fully saturated rings. The van der Waals surface area contributed by atoms with Crippen molar-refractivity contribution < 1.29 is 66.7 Å². The Morgan fingerprint density at radius 3 is 1.33 bits per heavy atom. The van der Waals surface area contributed by atoms with Gasteiger partial charge in [0.15, 0.2) is 6.29 Å². The molecule has 1 aliphatic rings. The van der Waals surface area contributed by atoms with E-state index in [-0.39, 0.29) is 36.5 Å². The zero-order chi connectivity index (χ0) is 37.2. The molecule has 52 heavy (non-hydrogen) atoms. The van der Waals surface area contributed by atoms with Crippen LogP contribution >= 0.6 is 0 Å². The molecule has 2 rings (SSSR count). The normalized spacial score (nSPS) is 14.5. The molecule has 0 aromatic heterocycles. The summed E-state index contributed by atoms with van der Waals surface area (Å²) in [5.74, 6) is 0. The molecule has 1 saturated heterocycles. The van der Waals surface area contributed by atoms with Crippen LogP contribution in [0.5, 0.6) is 0 Å². The quantitative estimate of drug-likeness (QED) is 0.0588. The topological polar surface area (TPSA) is 209 Å². The summed E-state index contributed by atoms with van der Waals surface area (Å²) in [5, 5.41) is 24.8. The van der Waals surface area contributed by atoms with Crippen LogP contribution in [-0.2, 0) is 56.8 Å². The van der Waals surface area contributed by atoms with Gasteiger partial charge in [-0.2, -0.15) is 0 Å². The minimum atomic E-state index is -0.681. The van der Waals surface area contributed by atoms with E-state index in [1.165, 1.54) is 12.1 Å².